The summed E-state index contributed by atoms with van der Waals surface area (Å²) in [6.07, 6.45) is 3.29. The number of nitrogens with zero attached hydrogens (tertiary/aromatic N) is 2. The van der Waals surface area contributed by atoms with Crippen LogP contribution in [-0.2, 0) is 6.42 Å². The summed E-state index contributed by atoms with van der Waals surface area (Å²) < 4.78 is 2.15. The number of aromatic nitrogens is 2. The minimum Gasteiger partial charge on any atom is -0.478 e. The molecule has 0 amide bonds. The first-order chi connectivity index (χ1) is 9.13. The van der Waals surface area contributed by atoms with Gasteiger partial charge >= 0.3 is 5.97 Å². The van der Waals surface area contributed by atoms with Crippen molar-refractivity contribution in [2.24, 2.45) is 5.92 Å². The lowest BCUT2D eigenvalue weighted by molar-refractivity contribution is 0.0698. The first-order valence-electron chi connectivity index (χ1n) is 6.86. The molecule has 1 saturated carbocycles. The lowest BCUT2D eigenvalue weighted by Crippen LogP contribution is -2.12. The molecule has 3 rings (SSSR count). The van der Waals surface area contributed by atoms with Crippen LogP contribution in [0.15, 0.2) is 18.2 Å². The smallest absolute Gasteiger partial charge is 0.337 e. The quantitative estimate of drug-likeness (QED) is 0.915. The average molecular weight is 258 g/mol. The maximum Gasteiger partial charge on any atom is 0.337 e. The van der Waals surface area contributed by atoms with Crippen LogP contribution in [0.5, 0.6) is 0 Å². The lowest BCUT2D eigenvalue weighted by atomic mass is 10.1. The third-order valence-electron chi connectivity index (χ3n) is 4.04. The Kier molecular flexibility index (Phi) is 2.81. The summed E-state index contributed by atoms with van der Waals surface area (Å²) >= 11 is 0. The van der Waals surface area contributed by atoms with Gasteiger partial charge in [0.05, 0.1) is 16.6 Å². The van der Waals surface area contributed by atoms with Crippen molar-refractivity contribution < 1.29 is 9.90 Å². The highest BCUT2D eigenvalue weighted by atomic mass is 16.4. The maximum absolute atomic E-state index is 11.4. The molecule has 0 saturated heterocycles. The zero-order chi connectivity index (χ0) is 13.6. The number of fused-ring (bicyclic) bond motifs is 1. The molecule has 4 heteroatoms. The molecule has 1 aliphatic rings. The third kappa shape index (κ3) is 1.91. The molecule has 0 spiro atoms. The maximum atomic E-state index is 11.4. The molecule has 1 N–H and O–H groups in total. The molecule has 0 aliphatic heterocycles. The number of benzene rings is 1. The summed E-state index contributed by atoms with van der Waals surface area (Å²) in [6, 6.07) is 5.67. The van der Waals surface area contributed by atoms with Gasteiger partial charge in [-0.1, -0.05) is 13.0 Å². The van der Waals surface area contributed by atoms with Gasteiger partial charge in [-0.25, -0.2) is 9.78 Å². The number of carboxylic acid groups (broad SMARTS) is 1. The van der Waals surface area contributed by atoms with Gasteiger partial charge in [-0.3, -0.25) is 0 Å². The van der Waals surface area contributed by atoms with E-state index >= 15 is 0 Å². The molecule has 1 aromatic heterocycles. The van der Waals surface area contributed by atoms with Crippen LogP contribution in [0, 0.1) is 5.92 Å². The molecular formula is C15H18N2O2. The first kappa shape index (κ1) is 12.2. The predicted octanol–water partition coefficient (Wildman–Crippen LogP) is 3.27. The third-order valence-corrected chi connectivity index (χ3v) is 4.04. The summed E-state index contributed by atoms with van der Waals surface area (Å²) in [4.78, 5) is 16.0. The number of carbonyl (C=O) groups is 1. The first-order valence-corrected chi connectivity index (χ1v) is 6.86. The Morgan fingerprint density at radius 2 is 2.26 bits per heavy atom. The SMILES string of the molecule is CCc1nc2cccc(C(=O)O)c2n1C(C)C1CC1. The van der Waals surface area contributed by atoms with Crippen LogP contribution in [0.1, 0.15) is 48.9 Å². The van der Waals surface area contributed by atoms with E-state index in [0.717, 1.165) is 23.3 Å². The van der Waals surface area contributed by atoms with Crippen molar-refractivity contribution in [1.29, 1.82) is 0 Å². The fourth-order valence-corrected chi connectivity index (χ4v) is 2.85. The Hall–Kier alpha value is -1.84. The van der Waals surface area contributed by atoms with E-state index in [1.54, 1.807) is 12.1 Å². The summed E-state index contributed by atoms with van der Waals surface area (Å²) in [6.45, 7) is 4.24. The minimum atomic E-state index is -0.877. The molecule has 1 unspecified atom stereocenters. The minimum absolute atomic E-state index is 0.334. The fourth-order valence-electron chi connectivity index (χ4n) is 2.85. The van der Waals surface area contributed by atoms with Crippen LogP contribution < -0.4 is 0 Å². The molecule has 1 aliphatic carbocycles. The van der Waals surface area contributed by atoms with Gasteiger partial charge in [0.2, 0.25) is 0 Å². The Labute approximate surface area is 112 Å². The van der Waals surface area contributed by atoms with Gasteiger partial charge in [0.15, 0.2) is 0 Å². The van der Waals surface area contributed by atoms with Crippen molar-refractivity contribution in [1.82, 2.24) is 9.55 Å². The van der Waals surface area contributed by atoms with Crippen LogP contribution in [0.3, 0.4) is 0 Å². The molecule has 19 heavy (non-hydrogen) atoms. The molecule has 4 nitrogen and oxygen atoms in total. The Bertz CT molecular complexity index is 641. The number of para-hydroxylation sites is 1. The van der Waals surface area contributed by atoms with E-state index in [0.29, 0.717) is 17.5 Å². The number of rotatable bonds is 4. The Balaban J connectivity index is 2.28. The van der Waals surface area contributed by atoms with E-state index < -0.39 is 5.97 Å². The topological polar surface area (TPSA) is 55.1 Å². The normalized spacial score (nSPS) is 16.7. The zero-order valence-corrected chi connectivity index (χ0v) is 11.3. The Morgan fingerprint density at radius 1 is 1.53 bits per heavy atom. The van der Waals surface area contributed by atoms with E-state index in [4.69, 9.17) is 0 Å². The van der Waals surface area contributed by atoms with Crippen LogP contribution in [0.4, 0.5) is 0 Å². The monoisotopic (exact) mass is 258 g/mol. The molecule has 0 radical (unpaired) electrons. The van der Waals surface area contributed by atoms with Gasteiger partial charge in [-0.05, 0) is 37.8 Å². The highest BCUT2D eigenvalue weighted by molar-refractivity contribution is 6.01. The van der Waals surface area contributed by atoms with Crippen LogP contribution in [-0.4, -0.2) is 20.6 Å². The molecule has 1 aromatic carbocycles. The van der Waals surface area contributed by atoms with Crippen molar-refractivity contribution in [2.75, 3.05) is 0 Å². The fraction of sp³-hybridized carbons (Fsp3) is 0.467. The highest BCUT2D eigenvalue weighted by Gasteiger charge is 2.32. The van der Waals surface area contributed by atoms with E-state index in [9.17, 15) is 9.90 Å². The van der Waals surface area contributed by atoms with Crippen LogP contribution >= 0.6 is 0 Å². The number of aryl methyl sites for hydroxylation is 1. The second kappa shape index (κ2) is 4.37. The number of hydrogen-bond donors (Lipinski definition) is 1. The summed E-state index contributed by atoms with van der Waals surface area (Å²) in [5, 5.41) is 9.38. The second-order valence-corrected chi connectivity index (χ2v) is 5.31. The molecule has 1 fully saturated rings. The molecular weight excluding hydrogens is 240 g/mol. The van der Waals surface area contributed by atoms with Crippen molar-refractivity contribution in [3.05, 3.63) is 29.6 Å². The van der Waals surface area contributed by atoms with Gasteiger partial charge in [0.25, 0.3) is 0 Å². The summed E-state index contributed by atoms with van der Waals surface area (Å²) in [5.74, 6) is 0.782. The van der Waals surface area contributed by atoms with Crippen molar-refractivity contribution in [2.45, 2.75) is 39.2 Å². The van der Waals surface area contributed by atoms with E-state index in [1.807, 2.05) is 6.07 Å². The predicted molar refractivity (Wildman–Crippen MR) is 73.5 cm³/mol. The van der Waals surface area contributed by atoms with Gasteiger partial charge in [-0.15, -0.1) is 0 Å². The Morgan fingerprint density at radius 3 is 2.84 bits per heavy atom. The number of carboxylic acids is 1. The number of aromatic carboxylic acids is 1. The van der Waals surface area contributed by atoms with Gasteiger partial charge in [-0.2, -0.15) is 0 Å². The van der Waals surface area contributed by atoms with Crippen molar-refractivity contribution in [3.63, 3.8) is 0 Å². The highest BCUT2D eigenvalue weighted by Crippen LogP contribution is 2.41. The molecule has 0 bridgehead atoms. The summed E-state index contributed by atoms with van der Waals surface area (Å²) in [7, 11) is 0. The second-order valence-electron chi connectivity index (χ2n) is 5.31. The van der Waals surface area contributed by atoms with Crippen molar-refractivity contribution >= 4 is 17.0 Å². The molecule has 1 heterocycles. The van der Waals surface area contributed by atoms with E-state index in [-0.39, 0.29) is 0 Å². The van der Waals surface area contributed by atoms with Gasteiger partial charge < -0.3 is 9.67 Å². The van der Waals surface area contributed by atoms with Crippen LogP contribution in [0.25, 0.3) is 11.0 Å². The van der Waals surface area contributed by atoms with Crippen molar-refractivity contribution in [3.8, 4) is 0 Å². The van der Waals surface area contributed by atoms with E-state index in [1.165, 1.54) is 12.8 Å². The van der Waals surface area contributed by atoms with Gasteiger partial charge in [0, 0.05) is 12.5 Å². The van der Waals surface area contributed by atoms with E-state index in [2.05, 4.69) is 23.4 Å². The zero-order valence-electron chi connectivity index (χ0n) is 11.3. The molecule has 2 aromatic rings. The lowest BCUT2D eigenvalue weighted by Gasteiger charge is -2.17. The molecule has 1 atom stereocenters. The molecule has 100 valence electrons. The number of imidazole rings is 1. The number of hydrogen-bond acceptors (Lipinski definition) is 2. The average Bonchev–Trinajstić information content (AvgIpc) is 3.17. The largest absolute Gasteiger partial charge is 0.478 e. The summed E-state index contributed by atoms with van der Waals surface area (Å²) in [5.41, 5.74) is 1.94. The van der Waals surface area contributed by atoms with Crippen LogP contribution in [0.2, 0.25) is 0 Å². The van der Waals surface area contributed by atoms with Gasteiger partial charge in [0.1, 0.15) is 5.82 Å². The standard InChI is InChI=1S/C15H18N2O2/c1-3-13-16-12-6-4-5-11(15(18)19)14(12)17(13)9(2)10-7-8-10/h4-6,9-10H,3,7-8H2,1-2H3,(H,18,19).